The monoisotopic (exact) mass is 184 g/mol. The highest BCUT2D eigenvalue weighted by molar-refractivity contribution is 8.13. The second-order valence-corrected chi connectivity index (χ2v) is 3.78. The summed E-state index contributed by atoms with van der Waals surface area (Å²) in [5.74, 6) is 1.08. The van der Waals surface area contributed by atoms with Crippen LogP contribution in [0.1, 0.15) is 26.2 Å². The van der Waals surface area contributed by atoms with Crippen LogP contribution in [0.25, 0.3) is 0 Å². The van der Waals surface area contributed by atoms with Gasteiger partial charge in [0.15, 0.2) is 0 Å². The van der Waals surface area contributed by atoms with Gasteiger partial charge in [0.25, 0.3) is 0 Å². The zero-order valence-corrected chi connectivity index (χ0v) is 7.93. The molecule has 0 saturated carbocycles. The first-order valence-electron chi connectivity index (χ1n) is 4.12. The largest absolute Gasteiger partial charge is 0.376 e. The smallest absolute Gasteiger partial charge is 0.218 e. The predicted octanol–water partition coefficient (Wildman–Crippen LogP) is 2.15. The van der Waals surface area contributed by atoms with E-state index >= 15 is 0 Å². The van der Waals surface area contributed by atoms with Crippen molar-refractivity contribution in [3.8, 4) is 6.07 Å². The van der Waals surface area contributed by atoms with Crippen molar-refractivity contribution in [3.05, 3.63) is 0 Å². The maximum atomic E-state index is 8.50. The molecule has 0 aromatic carbocycles. The van der Waals surface area contributed by atoms with Gasteiger partial charge in [-0.2, -0.15) is 5.26 Å². The summed E-state index contributed by atoms with van der Waals surface area (Å²) in [6, 6.07) is 2.03. The number of hydrogen-bond donors (Lipinski definition) is 0. The highest BCUT2D eigenvalue weighted by Gasteiger charge is 2.19. The molecule has 0 fully saturated rings. The summed E-state index contributed by atoms with van der Waals surface area (Å²) in [5.41, 5.74) is 0. The van der Waals surface area contributed by atoms with Gasteiger partial charge in [-0.25, -0.2) is 0 Å². The van der Waals surface area contributed by atoms with E-state index in [-0.39, 0.29) is 6.10 Å². The van der Waals surface area contributed by atoms with Crippen molar-refractivity contribution >= 4 is 16.8 Å². The van der Waals surface area contributed by atoms with Gasteiger partial charge < -0.3 is 4.84 Å². The number of nitrogens with zero attached hydrogens (tertiary/aromatic N) is 2. The first-order valence-corrected chi connectivity index (χ1v) is 5.10. The Morgan fingerprint density at radius 3 is 3.25 bits per heavy atom. The number of nitriles is 1. The van der Waals surface area contributed by atoms with Gasteiger partial charge >= 0.3 is 0 Å². The second-order valence-electron chi connectivity index (χ2n) is 2.61. The Labute approximate surface area is 76.8 Å². The molecule has 1 atom stereocenters. The molecule has 1 aliphatic rings. The van der Waals surface area contributed by atoms with Crippen LogP contribution in [0.4, 0.5) is 0 Å². The number of thioether (sulfide) groups is 1. The van der Waals surface area contributed by atoms with Crippen molar-refractivity contribution < 1.29 is 4.84 Å². The molecule has 1 aliphatic heterocycles. The van der Waals surface area contributed by atoms with Crippen molar-refractivity contribution in [2.45, 2.75) is 32.3 Å². The van der Waals surface area contributed by atoms with Crippen molar-refractivity contribution in [1.82, 2.24) is 0 Å². The average Bonchev–Trinajstić information content (AvgIpc) is 2.53. The lowest BCUT2D eigenvalue weighted by Crippen LogP contribution is -2.02. The van der Waals surface area contributed by atoms with Gasteiger partial charge in [0, 0.05) is 0 Å². The Hall–Kier alpha value is -0.690. The molecule has 0 N–H and O–H groups in total. The van der Waals surface area contributed by atoms with Gasteiger partial charge in [-0.15, -0.1) is 11.8 Å². The third-order valence-corrected chi connectivity index (χ3v) is 2.62. The molecule has 0 bridgehead atoms. The molecule has 3 nitrogen and oxygen atoms in total. The molecule has 12 heavy (non-hydrogen) atoms. The molecule has 0 aromatic rings. The van der Waals surface area contributed by atoms with Crippen LogP contribution in [0.5, 0.6) is 0 Å². The summed E-state index contributed by atoms with van der Waals surface area (Å²) < 4.78 is 0. The SMILES string of the molecule is CCCCSC1=NOC(C#N)C1. The zero-order chi connectivity index (χ0) is 8.81. The summed E-state index contributed by atoms with van der Waals surface area (Å²) in [6.45, 7) is 2.16. The Balaban J connectivity index is 2.15. The van der Waals surface area contributed by atoms with Crippen LogP contribution in [-0.4, -0.2) is 16.9 Å². The van der Waals surface area contributed by atoms with Gasteiger partial charge in [0.2, 0.25) is 6.10 Å². The van der Waals surface area contributed by atoms with E-state index < -0.39 is 0 Å². The topological polar surface area (TPSA) is 45.4 Å². The number of rotatable bonds is 3. The number of hydrogen-bond acceptors (Lipinski definition) is 4. The van der Waals surface area contributed by atoms with Gasteiger partial charge in [-0.3, -0.25) is 0 Å². The van der Waals surface area contributed by atoms with Crippen LogP contribution < -0.4 is 0 Å². The average molecular weight is 184 g/mol. The lowest BCUT2D eigenvalue weighted by molar-refractivity contribution is 0.125. The fourth-order valence-corrected chi connectivity index (χ4v) is 1.88. The van der Waals surface area contributed by atoms with E-state index in [0.717, 1.165) is 10.8 Å². The molecule has 0 aliphatic carbocycles. The maximum Gasteiger partial charge on any atom is 0.218 e. The standard InChI is InChI=1S/C8H12N2OS/c1-2-3-4-12-8-5-7(6-9)11-10-8/h7H,2-5H2,1H3. The molecule has 0 saturated heterocycles. The van der Waals surface area contributed by atoms with Gasteiger partial charge in [0.1, 0.15) is 11.1 Å². The summed E-state index contributed by atoms with van der Waals surface area (Å²) in [5, 5.41) is 13.3. The maximum absolute atomic E-state index is 8.50. The second kappa shape index (κ2) is 5.04. The molecule has 0 aromatic heterocycles. The normalized spacial score (nSPS) is 21.3. The van der Waals surface area contributed by atoms with Crippen LogP contribution in [-0.2, 0) is 4.84 Å². The van der Waals surface area contributed by atoms with E-state index in [9.17, 15) is 0 Å². The number of unbranched alkanes of at least 4 members (excludes halogenated alkanes) is 1. The van der Waals surface area contributed by atoms with E-state index in [1.165, 1.54) is 12.8 Å². The third kappa shape index (κ3) is 2.74. The van der Waals surface area contributed by atoms with Crippen LogP contribution in [0.3, 0.4) is 0 Å². The first-order chi connectivity index (χ1) is 5.86. The van der Waals surface area contributed by atoms with E-state index in [1.807, 2.05) is 6.07 Å². The van der Waals surface area contributed by atoms with Gasteiger partial charge in [-0.1, -0.05) is 18.5 Å². The molecule has 1 heterocycles. The van der Waals surface area contributed by atoms with E-state index in [1.54, 1.807) is 11.8 Å². The fraction of sp³-hybridized carbons (Fsp3) is 0.750. The van der Waals surface area contributed by atoms with E-state index in [0.29, 0.717) is 6.42 Å². The molecular weight excluding hydrogens is 172 g/mol. The summed E-state index contributed by atoms with van der Waals surface area (Å²) >= 11 is 1.70. The van der Waals surface area contributed by atoms with E-state index in [4.69, 9.17) is 10.1 Å². The van der Waals surface area contributed by atoms with Crippen LogP contribution in [0.2, 0.25) is 0 Å². The lowest BCUT2D eigenvalue weighted by Gasteiger charge is -1.95. The molecule has 0 radical (unpaired) electrons. The Bertz CT molecular complexity index is 210. The Kier molecular flexibility index (Phi) is 3.95. The summed E-state index contributed by atoms with van der Waals surface area (Å²) in [6.07, 6.45) is 2.73. The quantitative estimate of drug-likeness (QED) is 0.631. The minimum absolute atomic E-state index is 0.339. The summed E-state index contributed by atoms with van der Waals surface area (Å²) in [4.78, 5) is 4.85. The predicted molar refractivity (Wildman–Crippen MR) is 49.9 cm³/mol. The van der Waals surface area contributed by atoms with Crippen molar-refractivity contribution in [2.24, 2.45) is 5.16 Å². The van der Waals surface area contributed by atoms with Gasteiger partial charge in [0.05, 0.1) is 6.42 Å². The lowest BCUT2D eigenvalue weighted by atomic mass is 10.3. The van der Waals surface area contributed by atoms with Crippen molar-refractivity contribution in [1.29, 1.82) is 5.26 Å². The Morgan fingerprint density at radius 1 is 1.83 bits per heavy atom. The van der Waals surface area contributed by atoms with Crippen LogP contribution in [0.15, 0.2) is 5.16 Å². The molecule has 4 heteroatoms. The molecule has 66 valence electrons. The third-order valence-electron chi connectivity index (χ3n) is 1.55. The fourth-order valence-electron chi connectivity index (χ4n) is 0.844. The highest BCUT2D eigenvalue weighted by atomic mass is 32.2. The molecule has 0 spiro atoms. The summed E-state index contributed by atoms with van der Waals surface area (Å²) in [7, 11) is 0. The minimum Gasteiger partial charge on any atom is -0.376 e. The van der Waals surface area contributed by atoms with Crippen LogP contribution >= 0.6 is 11.8 Å². The van der Waals surface area contributed by atoms with Gasteiger partial charge in [-0.05, 0) is 12.2 Å². The first kappa shape index (κ1) is 9.40. The highest BCUT2D eigenvalue weighted by Crippen LogP contribution is 2.19. The van der Waals surface area contributed by atoms with E-state index in [2.05, 4.69) is 12.1 Å². The van der Waals surface area contributed by atoms with Crippen LogP contribution in [0, 0.1) is 11.3 Å². The molecular formula is C8H12N2OS. The molecule has 1 unspecified atom stereocenters. The van der Waals surface area contributed by atoms with Crippen molar-refractivity contribution in [2.75, 3.05) is 5.75 Å². The molecule has 1 rings (SSSR count). The molecule has 0 amide bonds. The van der Waals surface area contributed by atoms with Crippen molar-refractivity contribution in [3.63, 3.8) is 0 Å². The number of oxime groups is 1. The minimum atomic E-state index is -0.339. The zero-order valence-electron chi connectivity index (χ0n) is 7.12. The Morgan fingerprint density at radius 2 is 2.67 bits per heavy atom.